The van der Waals surface area contributed by atoms with E-state index in [9.17, 15) is 18.0 Å². The lowest BCUT2D eigenvalue weighted by atomic mass is 10.2. The zero-order chi connectivity index (χ0) is 23.6. The Kier molecular flexibility index (Phi) is 6.12. The van der Waals surface area contributed by atoms with Gasteiger partial charge in [-0.05, 0) is 42.8 Å². The molecule has 0 aliphatic carbocycles. The number of sulfonamides is 1. The number of amides is 2. The molecule has 9 nitrogen and oxygen atoms in total. The van der Waals surface area contributed by atoms with Crippen LogP contribution < -0.4 is 10.0 Å². The molecule has 1 aliphatic heterocycles. The van der Waals surface area contributed by atoms with Crippen LogP contribution in [0.5, 0.6) is 0 Å². The van der Waals surface area contributed by atoms with Crippen molar-refractivity contribution >= 4 is 45.1 Å². The fourth-order valence-corrected chi connectivity index (χ4v) is 4.28. The van der Waals surface area contributed by atoms with Crippen LogP contribution in [0.1, 0.15) is 11.3 Å². The largest absolute Gasteiger partial charge is 0.350 e. The quantitative estimate of drug-likeness (QED) is 0.495. The maximum Gasteiger partial charge on any atom is 0.279 e. The molecule has 2 N–H and O–H groups in total. The molecule has 0 radical (unpaired) electrons. The second-order valence-electron chi connectivity index (χ2n) is 7.15. The summed E-state index contributed by atoms with van der Waals surface area (Å²) >= 11 is 6.13. The zero-order valence-corrected chi connectivity index (χ0v) is 18.9. The Morgan fingerprint density at radius 2 is 1.67 bits per heavy atom. The van der Waals surface area contributed by atoms with Gasteiger partial charge < -0.3 is 5.32 Å². The first kappa shape index (κ1) is 22.4. The van der Waals surface area contributed by atoms with Crippen LogP contribution in [0, 0.1) is 6.92 Å². The van der Waals surface area contributed by atoms with Gasteiger partial charge in [0.15, 0.2) is 0 Å². The summed E-state index contributed by atoms with van der Waals surface area (Å²) in [6, 6.07) is 16.3. The summed E-state index contributed by atoms with van der Waals surface area (Å²) in [5.74, 6) is -1.21. The van der Waals surface area contributed by atoms with Gasteiger partial charge in [-0.15, -0.1) is 0 Å². The van der Waals surface area contributed by atoms with Crippen LogP contribution in [0.25, 0.3) is 0 Å². The molecule has 4 rings (SSSR count). The van der Waals surface area contributed by atoms with Gasteiger partial charge in [-0.3, -0.25) is 14.5 Å². The Balaban J connectivity index is 1.48. The molecule has 11 heteroatoms. The van der Waals surface area contributed by atoms with Crippen molar-refractivity contribution in [2.45, 2.75) is 18.4 Å². The lowest BCUT2D eigenvalue weighted by Gasteiger charge is -2.15. The van der Waals surface area contributed by atoms with E-state index in [0.717, 1.165) is 10.5 Å². The third-order valence-electron chi connectivity index (χ3n) is 4.75. The zero-order valence-electron chi connectivity index (χ0n) is 17.3. The van der Waals surface area contributed by atoms with Crippen LogP contribution in [-0.4, -0.2) is 35.1 Å². The molecule has 3 aromatic rings. The van der Waals surface area contributed by atoms with E-state index in [-0.39, 0.29) is 28.1 Å². The number of nitrogens with zero attached hydrogens (tertiary/aromatic N) is 3. The number of carbonyl (C=O) groups excluding carboxylic acids is 2. The van der Waals surface area contributed by atoms with E-state index < -0.39 is 21.8 Å². The predicted molar refractivity (Wildman–Crippen MR) is 123 cm³/mol. The molecule has 0 bridgehead atoms. The molecule has 168 valence electrons. The molecule has 0 unspecified atom stereocenters. The van der Waals surface area contributed by atoms with E-state index in [4.69, 9.17) is 11.6 Å². The lowest BCUT2D eigenvalue weighted by Crippen LogP contribution is -2.31. The number of rotatable bonds is 7. The van der Waals surface area contributed by atoms with Crippen molar-refractivity contribution in [3.05, 3.63) is 88.8 Å². The molecule has 0 fully saturated rings. The smallest absolute Gasteiger partial charge is 0.279 e. The van der Waals surface area contributed by atoms with Crippen LogP contribution >= 0.6 is 11.6 Å². The fourth-order valence-electron chi connectivity index (χ4n) is 3.10. The number of aromatic nitrogens is 2. The molecule has 2 amide bonds. The number of imide groups is 1. The Labute approximate surface area is 195 Å². The van der Waals surface area contributed by atoms with Crippen molar-refractivity contribution in [1.82, 2.24) is 14.9 Å². The second-order valence-corrected chi connectivity index (χ2v) is 9.21. The number of hydrogen-bond acceptors (Lipinski definition) is 7. The van der Waals surface area contributed by atoms with Gasteiger partial charge in [0.2, 0.25) is 5.95 Å². The van der Waals surface area contributed by atoms with Gasteiger partial charge in [-0.25, -0.2) is 23.1 Å². The number of anilines is 2. The van der Waals surface area contributed by atoms with Gasteiger partial charge in [0, 0.05) is 17.6 Å². The van der Waals surface area contributed by atoms with Crippen molar-refractivity contribution in [3.63, 3.8) is 0 Å². The minimum atomic E-state index is -3.92. The summed E-state index contributed by atoms with van der Waals surface area (Å²) in [4.78, 5) is 34.2. The van der Waals surface area contributed by atoms with Crippen LogP contribution in [0.4, 0.5) is 11.6 Å². The summed E-state index contributed by atoms with van der Waals surface area (Å²) < 4.78 is 27.5. The molecule has 1 aliphatic rings. The van der Waals surface area contributed by atoms with E-state index in [0.29, 0.717) is 11.4 Å². The summed E-state index contributed by atoms with van der Waals surface area (Å²) in [5, 5.41) is 2.59. The van der Waals surface area contributed by atoms with E-state index >= 15 is 0 Å². The number of hydrogen-bond donors (Lipinski definition) is 2. The predicted octanol–water partition coefficient (Wildman–Crippen LogP) is 3.02. The van der Waals surface area contributed by atoms with Crippen molar-refractivity contribution < 1.29 is 18.0 Å². The third kappa shape index (κ3) is 4.86. The summed E-state index contributed by atoms with van der Waals surface area (Å²) in [7, 11) is -3.92. The topological polar surface area (TPSA) is 121 Å². The number of benzene rings is 2. The van der Waals surface area contributed by atoms with Crippen molar-refractivity contribution in [1.29, 1.82) is 0 Å². The summed E-state index contributed by atoms with van der Waals surface area (Å²) in [6.45, 7) is 1.81. The maximum absolute atomic E-state index is 12.8. The Hall–Kier alpha value is -3.76. The molecular weight excluding hydrogens is 466 g/mol. The van der Waals surface area contributed by atoms with E-state index in [2.05, 4.69) is 20.0 Å². The molecule has 33 heavy (non-hydrogen) atoms. The summed E-state index contributed by atoms with van der Waals surface area (Å²) in [5.41, 5.74) is 1.71. The highest BCUT2D eigenvalue weighted by molar-refractivity contribution is 7.92. The molecule has 2 heterocycles. The first-order chi connectivity index (χ1) is 15.7. The van der Waals surface area contributed by atoms with Crippen LogP contribution in [0.15, 0.2) is 82.5 Å². The molecular formula is C22H18ClN5O4S. The average molecular weight is 484 g/mol. The molecule has 2 aromatic carbocycles. The monoisotopic (exact) mass is 483 g/mol. The normalized spacial score (nSPS) is 14.1. The van der Waals surface area contributed by atoms with E-state index in [1.807, 2.05) is 18.2 Å². The van der Waals surface area contributed by atoms with E-state index in [1.54, 1.807) is 25.1 Å². The maximum atomic E-state index is 12.8. The number of halogens is 1. The SMILES string of the molecule is Cc1ccnc(NS(=O)(=O)c2ccc(NC3=C(Cl)C(=O)N(Cc4ccccc4)C3=O)cc2)n1. The van der Waals surface area contributed by atoms with Crippen LogP contribution in [0.3, 0.4) is 0 Å². The molecule has 0 spiro atoms. The summed E-state index contributed by atoms with van der Waals surface area (Å²) in [6.07, 6.45) is 1.45. The molecule has 1 aromatic heterocycles. The molecule has 0 atom stereocenters. The number of carbonyl (C=O) groups is 2. The van der Waals surface area contributed by atoms with Gasteiger partial charge in [-0.2, -0.15) is 0 Å². The number of nitrogens with one attached hydrogen (secondary N) is 2. The van der Waals surface area contributed by atoms with E-state index in [1.165, 1.54) is 30.5 Å². The Morgan fingerprint density at radius 3 is 2.33 bits per heavy atom. The third-order valence-corrected chi connectivity index (χ3v) is 6.44. The van der Waals surface area contributed by atoms with Crippen molar-refractivity contribution in [3.8, 4) is 0 Å². The highest BCUT2D eigenvalue weighted by atomic mass is 35.5. The number of aryl methyl sites for hydroxylation is 1. The molecule has 0 saturated carbocycles. The minimum Gasteiger partial charge on any atom is -0.350 e. The van der Waals surface area contributed by atoms with Crippen LogP contribution in [0.2, 0.25) is 0 Å². The standard InChI is InChI=1S/C22H18ClN5O4S/c1-14-11-12-24-22(25-14)27-33(31,32)17-9-7-16(8-10-17)26-19-18(23)20(29)28(21(19)30)13-15-5-3-2-4-6-15/h2-12,26H,13H2,1H3,(H,24,25,27). The van der Waals surface area contributed by atoms with Crippen molar-refractivity contribution in [2.24, 2.45) is 0 Å². The van der Waals surface area contributed by atoms with Gasteiger partial charge in [0.1, 0.15) is 10.7 Å². The molecule has 0 saturated heterocycles. The average Bonchev–Trinajstić information content (AvgIpc) is 2.98. The first-order valence-corrected chi connectivity index (χ1v) is 11.6. The second kappa shape index (κ2) is 9.00. The fraction of sp³-hybridized carbons (Fsp3) is 0.0909. The lowest BCUT2D eigenvalue weighted by molar-refractivity contribution is -0.138. The first-order valence-electron chi connectivity index (χ1n) is 9.74. The highest BCUT2D eigenvalue weighted by Gasteiger charge is 2.37. The Morgan fingerprint density at radius 1 is 0.970 bits per heavy atom. The van der Waals surface area contributed by atoms with Gasteiger partial charge in [0.25, 0.3) is 21.8 Å². The minimum absolute atomic E-state index is 0.0299. The van der Waals surface area contributed by atoms with Gasteiger partial charge in [0.05, 0.1) is 11.4 Å². The van der Waals surface area contributed by atoms with Crippen molar-refractivity contribution in [2.75, 3.05) is 10.0 Å². The van der Waals surface area contributed by atoms with Gasteiger partial charge in [-0.1, -0.05) is 41.9 Å². The highest BCUT2D eigenvalue weighted by Crippen LogP contribution is 2.27. The van der Waals surface area contributed by atoms with Gasteiger partial charge >= 0.3 is 0 Å². The Bertz CT molecular complexity index is 1360. The van der Waals surface area contributed by atoms with Crippen LogP contribution in [-0.2, 0) is 26.2 Å².